The van der Waals surface area contributed by atoms with Crippen LogP contribution in [0.1, 0.15) is 18.9 Å². The molecule has 2 atom stereocenters. The summed E-state index contributed by atoms with van der Waals surface area (Å²) >= 11 is 0. The summed E-state index contributed by atoms with van der Waals surface area (Å²) in [5.74, 6) is 0.397. The molecule has 1 aliphatic carbocycles. The molecule has 0 aromatic carbocycles. The molecule has 0 radical (unpaired) electrons. The Kier molecular flexibility index (Phi) is 2.29. The number of hydrogen-bond acceptors (Lipinski definition) is 5. The zero-order valence-corrected chi connectivity index (χ0v) is 9.19. The zero-order valence-electron chi connectivity index (χ0n) is 9.19. The lowest BCUT2D eigenvalue weighted by molar-refractivity contribution is 0.195. The first-order valence-electron chi connectivity index (χ1n) is 5.55. The van der Waals surface area contributed by atoms with E-state index in [9.17, 15) is 5.11 Å². The van der Waals surface area contributed by atoms with Crippen LogP contribution in [0, 0.1) is 0 Å². The number of aliphatic hydroxyl groups is 1. The second kappa shape index (κ2) is 3.81. The van der Waals surface area contributed by atoms with E-state index >= 15 is 0 Å². The Morgan fingerprint density at radius 3 is 2.88 bits per heavy atom. The molecule has 0 amide bonds. The van der Waals surface area contributed by atoms with Crippen molar-refractivity contribution >= 4 is 17.0 Å². The monoisotopic (exact) mass is 231 g/mol. The van der Waals surface area contributed by atoms with Crippen molar-refractivity contribution in [3.8, 4) is 0 Å². The number of aliphatic hydroxyl groups excluding tert-OH is 1. The van der Waals surface area contributed by atoms with E-state index in [1.807, 2.05) is 16.7 Å². The predicted molar refractivity (Wildman–Crippen MR) is 63.2 cm³/mol. The average molecular weight is 231 g/mol. The summed E-state index contributed by atoms with van der Waals surface area (Å²) in [4.78, 5) is 12.3. The fraction of sp³-hybridized carbons (Fsp3) is 0.364. The molecule has 1 aliphatic rings. The average Bonchev–Trinajstić information content (AvgIpc) is 2.75. The van der Waals surface area contributed by atoms with Crippen LogP contribution < -0.4 is 5.73 Å². The van der Waals surface area contributed by atoms with Crippen molar-refractivity contribution in [3.05, 3.63) is 24.8 Å². The van der Waals surface area contributed by atoms with E-state index < -0.39 is 0 Å². The number of aromatic nitrogens is 4. The highest BCUT2D eigenvalue weighted by Gasteiger charge is 2.18. The first-order chi connectivity index (χ1) is 8.25. The van der Waals surface area contributed by atoms with Gasteiger partial charge in [-0.25, -0.2) is 15.0 Å². The number of anilines is 1. The Hall–Kier alpha value is -1.95. The van der Waals surface area contributed by atoms with Gasteiger partial charge in [-0.2, -0.15) is 0 Å². The lowest BCUT2D eigenvalue weighted by Crippen LogP contribution is -2.15. The molecule has 0 fully saturated rings. The number of nitrogens with two attached hydrogens (primary N) is 1. The van der Waals surface area contributed by atoms with Crippen molar-refractivity contribution in [2.45, 2.75) is 25.0 Å². The molecule has 17 heavy (non-hydrogen) atoms. The van der Waals surface area contributed by atoms with Crippen molar-refractivity contribution in [2.24, 2.45) is 0 Å². The van der Waals surface area contributed by atoms with Crippen LogP contribution in [0.2, 0.25) is 0 Å². The van der Waals surface area contributed by atoms with Gasteiger partial charge >= 0.3 is 0 Å². The van der Waals surface area contributed by atoms with Gasteiger partial charge < -0.3 is 15.4 Å². The number of rotatable bonds is 1. The van der Waals surface area contributed by atoms with Crippen LogP contribution in [-0.4, -0.2) is 30.7 Å². The fourth-order valence-electron chi connectivity index (χ4n) is 2.14. The van der Waals surface area contributed by atoms with Gasteiger partial charge in [-0.05, 0) is 12.8 Å². The molecule has 0 saturated carbocycles. The molecule has 88 valence electrons. The molecule has 3 N–H and O–H groups in total. The molecule has 0 bridgehead atoms. The maximum Gasteiger partial charge on any atom is 0.165 e. The molecule has 2 aromatic heterocycles. The SMILES string of the molecule is Nc1ncnc2c1ncn2[C@@H]1C=CC(O)CC1. The number of fused-ring (bicyclic) bond motifs is 1. The van der Waals surface area contributed by atoms with Gasteiger partial charge in [0.2, 0.25) is 0 Å². The van der Waals surface area contributed by atoms with Gasteiger partial charge in [0, 0.05) is 0 Å². The summed E-state index contributed by atoms with van der Waals surface area (Å²) in [5.41, 5.74) is 7.11. The molecule has 2 heterocycles. The second-order valence-corrected chi connectivity index (χ2v) is 4.18. The number of allylic oxidation sites excluding steroid dienone is 1. The Balaban J connectivity index is 2.07. The number of imidazole rings is 1. The quantitative estimate of drug-likeness (QED) is 0.704. The van der Waals surface area contributed by atoms with Gasteiger partial charge in [0.25, 0.3) is 0 Å². The van der Waals surface area contributed by atoms with Crippen LogP contribution in [0.5, 0.6) is 0 Å². The van der Waals surface area contributed by atoms with Crippen LogP contribution >= 0.6 is 0 Å². The Morgan fingerprint density at radius 1 is 1.24 bits per heavy atom. The van der Waals surface area contributed by atoms with E-state index in [0.717, 1.165) is 18.5 Å². The summed E-state index contributed by atoms with van der Waals surface area (Å²) in [6.45, 7) is 0. The van der Waals surface area contributed by atoms with Crippen LogP contribution in [0.4, 0.5) is 5.82 Å². The lowest BCUT2D eigenvalue weighted by Gasteiger charge is -2.20. The van der Waals surface area contributed by atoms with E-state index in [1.165, 1.54) is 6.33 Å². The molecule has 3 rings (SSSR count). The maximum absolute atomic E-state index is 9.42. The standard InChI is InChI=1S/C11H13N5O/c12-10-9-11(14-5-13-10)16(6-15-9)7-1-3-8(17)4-2-7/h1,3,5-8,17H,2,4H2,(H2,12,13,14)/t7-,8?/m1/s1. The number of hydrogen-bond donors (Lipinski definition) is 2. The Labute approximate surface area is 97.8 Å². The third kappa shape index (κ3) is 1.66. The molecular weight excluding hydrogens is 218 g/mol. The van der Waals surface area contributed by atoms with Crippen molar-refractivity contribution < 1.29 is 5.11 Å². The molecular formula is C11H13N5O. The highest BCUT2D eigenvalue weighted by molar-refractivity contribution is 5.81. The summed E-state index contributed by atoms with van der Waals surface area (Å²) < 4.78 is 1.97. The zero-order chi connectivity index (χ0) is 11.8. The normalized spacial score (nSPS) is 24.3. The minimum Gasteiger partial charge on any atom is -0.389 e. The van der Waals surface area contributed by atoms with Crippen molar-refractivity contribution in [1.29, 1.82) is 0 Å². The third-order valence-corrected chi connectivity index (χ3v) is 3.06. The first-order valence-corrected chi connectivity index (χ1v) is 5.55. The lowest BCUT2D eigenvalue weighted by atomic mass is 10.0. The minimum absolute atomic E-state index is 0.178. The van der Waals surface area contributed by atoms with Crippen molar-refractivity contribution in [3.63, 3.8) is 0 Å². The van der Waals surface area contributed by atoms with E-state index in [0.29, 0.717) is 11.3 Å². The summed E-state index contributed by atoms with van der Waals surface area (Å²) in [7, 11) is 0. The first kappa shape index (κ1) is 10.2. The van der Waals surface area contributed by atoms with Crippen LogP contribution in [0.3, 0.4) is 0 Å². The molecule has 2 aromatic rings. The topological polar surface area (TPSA) is 89.9 Å². The third-order valence-electron chi connectivity index (χ3n) is 3.06. The summed E-state index contributed by atoms with van der Waals surface area (Å²) in [6.07, 6.45) is 8.24. The summed E-state index contributed by atoms with van der Waals surface area (Å²) in [6, 6.07) is 0.178. The number of nitrogens with zero attached hydrogens (tertiary/aromatic N) is 4. The molecule has 0 aliphatic heterocycles. The van der Waals surface area contributed by atoms with Crippen LogP contribution in [-0.2, 0) is 0 Å². The Bertz CT molecular complexity index is 576. The van der Waals surface area contributed by atoms with Crippen LogP contribution in [0.25, 0.3) is 11.2 Å². The second-order valence-electron chi connectivity index (χ2n) is 4.18. The fourth-order valence-corrected chi connectivity index (χ4v) is 2.14. The smallest absolute Gasteiger partial charge is 0.165 e. The van der Waals surface area contributed by atoms with Gasteiger partial charge in [-0.3, -0.25) is 0 Å². The van der Waals surface area contributed by atoms with E-state index in [2.05, 4.69) is 15.0 Å². The van der Waals surface area contributed by atoms with Gasteiger partial charge in [0.05, 0.1) is 18.5 Å². The van der Waals surface area contributed by atoms with Crippen molar-refractivity contribution in [2.75, 3.05) is 5.73 Å². The Morgan fingerprint density at radius 2 is 2.12 bits per heavy atom. The van der Waals surface area contributed by atoms with Gasteiger partial charge in [0.15, 0.2) is 11.5 Å². The highest BCUT2D eigenvalue weighted by atomic mass is 16.3. The predicted octanol–water partition coefficient (Wildman–Crippen LogP) is 0.660. The highest BCUT2D eigenvalue weighted by Crippen LogP contribution is 2.26. The molecule has 1 unspecified atom stereocenters. The van der Waals surface area contributed by atoms with Gasteiger partial charge in [-0.1, -0.05) is 12.2 Å². The van der Waals surface area contributed by atoms with E-state index in [1.54, 1.807) is 6.33 Å². The van der Waals surface area contributed by atoms with Gasteiger partial charge in [0.1, 0.15) is 11.8 Å². The van der Waals surface area contributed by atoms with Crippen LogP contribution in [0.15, 0.2) is 24.8 Å². The minimum atomic E-state index is -0.333. The molecule has 0 spiro atoms. The summed E-state index contributed by atoms with van der Waals surface area (Å²) in [5, 5.41) is 9.42. The van der Waals surface area contributed by atoms with Crippen molar-refractivity contribution in [1.82, 2.24) is 19.5 Å². The van der Waals surface area contributed by atoms with Gasteiger partial charge in [-0.15, -0.1) is 0 Å². The van der Waals surface area contributed by atoms with E-state index in [4.69, 9.17) is 5.73 Å². The number of nitrogen functional groups attached to an aromatic ring is 1. The molecule has 6 nitrogen and oxygen atoms in total. The largest absolute Gasteiger partial charge is 0.389 e. The molecule has 6 heteroatoms. The van der Waals surface area contributed by atoms with E-state index in [-0.39, 0.29) is 12.1 Å². The molecule has 0 saturated heterocycles. The maximum atomic E-state index is 9.42.